The minimum Gasteiger partial charge on any atom is -0.301 e. The van der Waals surface area contributed by atoms with E-state index in [1.807, 2.05) is 0 Å². The zero-order chi connectivity index (χ0) is 52.5. The van der Waals surface area contributed by atoms with Gasteiger partial charge in [-0.05, 0) is 244 Å². The molecule has 6 aliphatic heterocycles. The van der Waals surface area contributed by atoms with Gasteiger partial charge in [0.05, 0.1) is 0 Å². The molecule has 6 nitrogen and oxygen atoms in total. The van der Waals surface area contributed by atoms with E-state index in [0.717, 1.165) is 113 Å². The van der Waals surface area contributed by atoms with Crippen molar-refractivity contribution >= 4 is 0 Å². The summed E-state index contributed by atoms with van der Waals surface area (Å²) < 4.78 is 0. The van der Waals surface area contributed by atoms with Gasteiger partial charge in [-0.2, -0.15) is 0 Å². The molecule has 0 amide bonds. The van der Waals surface area contributed by atoms with Crippen molar-refractivity contribution in [3.8, 4) is 0 Å². The van der Waals surface area contributed by atoms with Crippen LogP contribution in [0.1, 0.15) is 224 Å². The SMILES string of the molecule is CC(C)C1CC2(C1)CN(C(C)C)C2.CC(C)C1CCCN(C(C)C)C1.CC(C)C1CCCN1C(C)C.CC(C)C1CCN(C(C)C)C1.CC(C)C1CCN(C(C)C)CC1.CC(C)C1CN(C(C)C)C1. The molecule has 1 spiro atoms. The Bertz CT molecular complexity index is 1180. The highest BCUT2D eigenvalue weighted by atomic mass is 15.2. The fraction of sp³-hybridized carbons (Fsp3) is 1.00. The molecular weight excluding hydrogens is 841 g/mol. The van der Waals surface area contributed by atoms with Crippen LogP contribution in [0.15, 0.2) is 0 Å². The fourth-order valence-corrected chi connectivity index (χ4v) is 12.5. The summed E-state index contributed by atoms with van der Waals surface area (Å²) in [6.45, 7) is 70.4. The van der Waals surface area contributed by atoms with Crippen LogP contribution >= 0.6 is 0 Å². The number of nitrogens with zero attached hydrogens (tertiary/aromatic N) is 6. The fourth-order valence-electron chi connectivity index (χ4n) is 12.5. The second-order valence-corrected chi connectivity index (χ2v) is 28.1. The Hall–Kier alpha value is -0.240. The van der Waals surface area contributed by atoms with E-state index in [9.17, 15) is 0 Å². The quantitative estimate of drug-likeness (QED) is 0.193. The number of likely N-dealkylation sites (tertiary alicyclic amines) is 6. The van der Waals surface area contributed by atoms with Crippen molar-refractivity contribution in [2.24, 2.45) is 70.5 Å². The average molecular weight is 972 g/mol. The van der Waals surface area contributed by atoms with Gasteiger partial charge in [0.25, 0.3) is 0 Å². The highest BCUT2D eigenvalue weighted by Crippen LogP contribution is 2.54. The van der Waals surface area contributed by atoms with Gasteiger partial charge >= 0.3 is 0 Å². The summed E-state index contributed by atoms with van der Waals surface area (Å²) in [5.74, 6) is 10.2. The standard InChI is InChI=1S/C12H23N.2C11H23N.2C10H21N.C9H19N/c1-9(2)11-5-12(6-11)7-13(8-12)10(3)4;1-9(2)11-5-7-12(8-6-11)10(3)4;1-9(2)11-6-5-7-12(8-11)10(3)4;1-8(2)10-5-6-11(7-10)9(3)4;1-8(2)10-6-5-7-11(10)9(3)4;1-7(2)9-5-10(6-9)8(3)4/h9-11H,5-8H2,1-4H3;2*9-11H,5-8H2,1-4H3;2*8-10H,5-7H2,1-4H3;7-9H,5-6H2,1-4H3. The maximum absolute atomic E-state index is 2.64. The van der Waals surface area contributed by atoms with Gasteiger partial charge in [-0.1, -0.05) is 83.1 Å². The van der Waals surface area contributed by atoms with E-state index in [1.165, 1.54) is 130 Å². The Labute approximate surface area is 436 Å². The van der Waals surface area contributed by atoms with Crippen LogP contribution in [-0.2, 0) is 0 Å². The molecule has 412 valence electrons. The van der Waals surface area contributed by atoms with Gasteiger partial charge in [0, 0.05) is 81.6 Å². The average Bonchev–Trinajstić information content (AvgIpc) is 3.93. The Morgan fingerprint density at radius 1 is 0.290 bits per heavy atom. The molecule has 7 rings (SSSR count). The highest BCUT2D eigenvalue weighted by Gasteiger charge is 2.53. The second-order valence-electron chi connectivity index (χ2n) is 28.1. The topological polar surface area (TPSA) is 19.4 Å². The molecule has 0 aromatic rings. The molecule has 3 unspecified atom stereocenters. The van der Waals surface area contributed by atoms with Crippen molar-refractivity contribution in [1.29, 1.82) is 0 Å². The summed E-state index contributed by atoms with van der Waals surface area (Å²) >= 11 is 0. The first kappa shape index (κ1) is 64.9. The molecule has 6 heterocycles. The van der Waals surface area contributed by atoms with Crippen LogP contribution in [0, 0.1) is 70.5 Å². The third-order valence-corrected chi connectivity index (χ3v) is 18.9. The molecular formula is C63H130N6. The van der Waals surface area contributed by atoms with Gasteiger partial charge in [0.15, 0.2) is 0 Å². The Kier molecular flexibility index (Phi) is 29.7. The van der Waals surface area contributed by atoms with Crippen LogP contribution < -0.4 is 0 Å². The smallest absolute Gasteiger partial charge is 0.0121 e. The zero-order valence-corrected chi connectivity index (χ0v) is 51.7. The van der Waals surface area contributed by atoms with E-state index in [1.54, 1.807) is 0 Å². The Morgan fingerprint density at radius 3 is 1.00 bits per heavy atom. The lowest BCUT2D eigenvalue weighted by atomic mass is 9.55. The first-order chi connectivity index (χ1) is 32.1. The van der Waals surface area contributed by atoms with Crippen molar-refractivity contribution in [2.45, 2.75) is 266 Å². The molecule has 0 aromatic heterocycles. The molecule has 1 saturated carbocycles. The monoisotopic (exact) mass is 971 g/mol. The number of hydrogen-bond acceptors (Lipinski definition) is 6. The summed E-state index contributed by atoms with van der Waals surface area (Å²) in [4.78, 5) is 15.6. The zero-order valence-electron chi connectivity index (χ0n) is 51.7. The molecule has 3 atom stereocenters. The third-order valence-electron chi connectivity index (χ3n) is 18.9. The molecule has 7 fully saturated rings. The molecule has 0 radical (unpaired) electrons. The predicted octanol–water partition coefficient (Wildman–Crippen LogP) is 15.2. The van der Waals surface area contributed by atoms with Crippen LogP contribution in [0.3, 0.4) is 0 Å². The van der Waals surface area contributed by atoms with Gasteiger partial charge < -0.3 is 19.6 Å². The number of rotatable bonds is 12. The Balaban J connectivity index is 0.000000285. The number of hydrogen-bond donors (Lipinski definition) is 0. The summed E-state index contributed by atoms with van der Waals surface area (Å²) in [5, 5.41) is 0. The van der Waals surface area contributed by atoms with Crippen LogP contribution in [0.2, 0.25) is 0 Å². The van der Waals surface area contributed by atoms with Gasteiger partial charge in [-0.3, -0.25) is 9.80 Å². The molecule has 6 heteroatoms. The first-order valence-corrected chi connectivity index (χ1v) is 30.5. The van der Waals surface area contributed by atoms with Crippen molar-refractivity contribution in [2.75, 3.05) is 72.0 Å². The largest absolute Gasteiger partial charge is 0.301 e. The van der Waals surface area contributed by atoms with Gasteiger partial charge in [-0.25, -0.2) is 0 Å². The molecule has 0 aromatic carbocycles. The minimum absolute atomic E-state index is 0.741. The molecule has 7 aliphatic rings. The summed E-state index contributed by atoms with van der Waals surface area (Å²) in [7, 11) is 0. The van der Waals surface area contributed by atoms with E-state index < -0.39 is 0 Å². The maximum Gasteiger partial charge on any atom is 0.0121 e. The molecule has 0 bridgehead atoms. The summed E-state index contributed by atoms with van der Waals surface area (Å²) in [5.41, 5.74) is 0.777. The van der Waals surface area contributed by atoms with E-state index in [2.05, 4.69) is 196 Å². The van der Waals surface area contributed by atoms with E-state index in [-0.39, 0.29) is 0 Å². The molecule has 69 heavy (non-hydrogen) atoms. The third kappa shape index (κ3) is 22.2. The summed E-state index contributed by atoms with van der Waals surface area (Å²) in [6, 6.07) is 5.36. The molecule has 0 N–H and O–H groups in total. The van der Waals surface area contributed by atoms with E-state index in [0.29, 0.717) is 0 Å². The van der Waals surface area contributed by atoms with Crippen molar-refractivity contribution in [3.63, 3.8) is 0 Å². The minimum atomic E-state index is 0.741. The molecule has 1 aliphatic carbocycles. The van der Waals surface area contributed by atoms with E-state index >= 15 is 0 Å². The van der Waals surface area contributed by atoms with E-state index in [4.69, 9.17) is 0 Å². The first-order valence-electron chi connectivity index (χ1n) is 30.5. The maximum atomic E-state index is 2.64. The van der Waals surface area contributed by atoms with Gasteiger partial charge in [-0.15, -0.1) is 0 Å². The highest BCUT2D eigenvalue weighted by molar-refractivity contribution is 5.05. The lowest BCUT2D eigenvalue weighted by molar-refractivity contribution is -0.117. The van der Waals surface area contributed by atoms with Crippen molar-refractivity contribution in [1.82, 2.24) is 29.4 Å². The molecule has 6 saturated heterocycles. The Morgan fingerprint density at radius 2 is 0.652 bits per heavy atom. The summed E-state index contributed by atoms with van der Waals surface area (Å²) in [6.07, 6.45) is 12.9. The van der Waals surface area contributed by atoms with Gasteiger partial charge in [0.1, 0.15) is 0 Å². The lowest BCUT2D eigenvalue weighted by Crippen LogP contribution is -2.64. The number of piperidine rings is 2. The van der Waals surface area contributed by atoms with Crippen LogP contribution in [-0.4, -0.2) is 144 Å². The van der Waals surface area contributed by atoms with Crippen LogP contribution in [0.4, 0.5) is 0 Å². The second kappa shape index (κ2) is 31.6. The van der Waals surface area contributed by atoms with Crippen LogP contribution in [0.5, 0.6) is 0 Å². The van der Waals surface area contributed by atoms with Crippen molar-refractivity contribution in [3.05, 3.63) is 0 Å². The predicted molar refractivity (Wildman–Crippen MR) is 310 cm³/mol. The lowest BCUT2D eigenvalue weighted by Gasteiger charge is -2.61. The van der Waals surface area contributed by atoms with Crippen molar-refractivity contribution < 1.29 is 0 Å². The van der Waals surface area contributed by atoms with Gasteiger partial charge in [0.2, 0.25) is 0 Å². The normalized spacial score (nSPS) is 25.8. The van der Waals surface area contributed by atoms with Crippen LogP contribution in [0.25, 0.3) is 0 Å².